The second-order valence-electron chi connectivity index (χ2n) is 4.71. The van der Waals surface area contributed by atoms with Crippen molar-refractivity contribution in [1.82, 2.24) is 10.1 Å². The lowest BCUT2D eigenvalue weighted by molar-refractivity contribution is 0.312. The molecule has 2 N–H and O–H groups in total. The van der Waals surface area contributed by atoms with Crippen LogP contribution in [0.5, 0.6) is 11.5 Å². The van der Waals surface area contributed by atoms with E-state index in [1.807, 2.05) is 6.07 Å². The van der Waals surface area contributed by atoms with Gasteiger partial charge in [0.15, 0.2) is 11.5 Å². The first kappa shape index (κ1) is 16.3. The summed E-state index contributed by atoms with van der Waals surface area (Å²) < 4.78 is 15.6. The van der Waals surface area contributed by atoms with Gasteiger partial charge in [0.25, 0.3) is 0 Å². The highest BCUT2D eigenvalue weighted by Crippen LogP contribution is 2.31. The molecule has 0 fully saturated rings. The maximum atomic E-state index is 5.91. The molecule has 0 aliphatic rings. The number of hydrogen-bond donors (Lipinski definition) is 1. The number of hydrogen-bond acceptors (Lipinski definition) is 6. The second-order valence-corrected chi connectivity index (χ2v) is 4.71. The lowest BCUT2D eigenvalue weighted by atomic mass is 10.1. The minimum absolute atomic E-state index is 0. The Labute approximate surface area is 123 Å². The summed E-state index contributed by atoms with van der Waals surface area (Å²) in [6.07, 6.45) is 0. The normalized spacial score (nSPS) is 10.8. The second kappa shape index (κ2) is 6.11. The van der Waals surface area contributed by atoms with Crippen LogP contribution in [0.3, 0.4) is 0 Å². The molecule has 20 heavy (non-hydrogen) atoms. The fraction of sp³-hybridized carbons (Fsp3) is 0.385. The van der Waals surface area contributed by atoms with Crippen LogP contribution < -0.4 is 15.2 Å². The van der Waals surface area contributed by atoms with Gasteiger partial charge in [-0.1, -0.05) is 5.16 Å². The van der Waals surface area contributed by atoms with Gasteiger partial charge in [-0.25, -0.2) is 0 Å². The van der Waals surface area contributed by atoms with Gasteiger partial charge in [-0.2, -0.15) is 4.98 Å². The monoisotopic (exact) mass is 299 g/mol. The van der Waals surface area contributed by atoms with E-state index in [4.69, 9.17) is 19.7 Å². The molecule has 2 aromatic rings. The molecule has 0 amide bonds. The molecular weight excluding hydrogens is 282 g/mol. The smallest absolute Gasteiger partial charge is 0.246 e. The van der Waals surface area contributed by atoms with Crippen molar-refractivity contribution in [2.75, 3.05) is 14.2 Å². The maximum absolute atomic E-state index is 5.91. The zero-order chi connectivity index (χ0) is 14.0. The van der Waals surface area contributed by atoms with Crippen molar-refractivity contribution in [1.29, 1.82) is 0 Å². The minimum Gasteiger partial charge on any atom is -0.493 e. The molecule has 0 aliphatic heterocycles. The van der Waals surface area contributed by atoms with Crippen LogP contribution in [0.1, 0.15) is 19.7 Å². The summed E-state index contributed by atoms with van der Waals surface area (Å²) in [4.78, 5) is 4.28. The lowest BCUT2D eigenvalue weighted by Gasteiger charge is -2.10. The molecular formula is C13H18ClN3O3. The topological polar surface area (TPSA) is 83.4 Å². The van der Waals surface area contributed by atoms with Gasteiger partial charge in [0.1, 0.15) is 0 Å². The molecule has 2 rings (SSSR count). The Morgan fingerprint density at radius 3 is 2.30 bits per heavy atom. The van der Waals surface area contributed by atoms with E-state index >= 15 is 0 Å². The molecule has 1 aromatic heterocycles. The van der Waals surface area contributed by atoms with Crippen molar-refractivity contribution in [3.8, 4) is 22.9 Å². The quantitative estimate of drug-likeness (QED) is 0.933. The molecule has 0 saturated carbocycles. The van der Waals surface area contributed by atoms with Crippen molar-refractivity contribution >= 4 is 12.4 Å². The highest BCUT2D eigenvalue weighted by molar-refractivity contribution is 5.85. The summed E-state index contributed by atoms with van der Waals surface area (Å²) in [5.41, 5.74) is 6.02. The van der Waals surface area contributed by atoms with Crippen molar-refractivity contribution in [3.05, 3.63) is 24.1 Å². The van der Waals surface area contributed by atoms with Gasteiger partial charge in [-0.3, -0.25) is 0 Å². The molecule has 6 nitrogen and oxygen atoms in total. The Kier molecular flexibility index (Phi) is 4.97. The Hall–Kier alpha value is -1.79. The number of methoxy groups -OCH3 is 2. The Morgan fingerprint density at radius 2 is 1.80 bits per heavy atom. The molecule has 0 saturated heterocycles. The van der Waals surface area contributed by atoms with Crippen LogP contribution in [0.2, 0.25) is 0 Å². The Bertz CT molecular complexity index is 578. The van der Waals surface area contributed by atoms with Crippen molar-refractivity contribution in [2.45, 2.75) is 19.4 Å². The van der Waals surface area contributed by atoms with E-state index in [9.17, 15) is 0 Å². The van der Waals surface area contributed by atoms with Gasteiger partial charge in [0, 0.05) is 5.56 Å². The van der Waals surface area contributed by atoms with Crippen LogP contribution in [-0.4, -0.2) is 24.4 Å². The number of nitrogens with two attached hydrogens (primary N) is 1. The summed E-state index contributed by atoms with van der Waals surface area (Å²) in [5, 5.41) is 3.92. The van der Waals surface area contributed by atoms with E-state index in [0.29, 0.717) is 23.2 Å². The third kappa shape index (κ3) is 3.20. The number of aromatic nitrogens is 2. The van der Waals surface area contributed by atoms with Gasteiger partial charge >= 0.3 is 0 Å². The summed E-state index contributed by atoms with van der Waals surface area (Å²) >= 11 is 0. The number of halogens is 1. The number of benzene rings is 1. The van der Waals surface area contributed by atoms with E-state index in [2.05, 4.69) is 10.1 Å². The summed E-state index contributed by atoms with van der Waals surface area (Å²) in [6.45, 7) is 3.61. The number of ether oxygens (including phenoxy) is 2. The SMILES string of the molecule is COc1ccc(-c2noc(C(C)(C)N)n2)cc1OC.Cl. The summed E-state index contributed by atoms with van der Waals surface area (Å²) in [5.74, 6) is 2.11. The number of rotatable bonds is 4. The van der Waals surface area contributed by atoms with Crippen LogP contribution in [0.4, 0.5) is 0 Å². The van der Waals surface area contributed by atoms with Crippen molar-refractivity contribution in [3.63, 3.8) is 0 Å². The van der Waals surface area contributed by atoms with Crippen LogP contribution in [-0.2, 0) is 5.54 Å². The average Bonchev–Trinajstić information content (AvgIpc) is 2.87. The van der Waals surface area contributed by atoms with E-state index in [1.54, 1.807) is 40.2 Å². The predicted molar refractivity (Wildman–Crippen MR) is 77.3 cm³/mol. The van der Waals surface area contributed by atoms with Gasteiger partial charge in [-0.15, -0.1) is 12.4 Å². The van der Waals surface area contributed by atoms with Crippen molar-refractivity contribution < 1.29 is 14.0 Å². The molecule has 110 valence electrons. The van der Waals surface area contributed by atoms with Crippen LogP contribution in [0.15, 0.2) is 22.7 Å². The van der Waals surface area contributed by atoms with Gasteiger partial charge < -0.3 is 19.7 Å². The maximum Gasteiger partial charge on any atom is 0.246 e. The molecule has 1 aromatic carbocycles. The highest BCUT2D eigenvalue weighted by Gasteiger charge is 2.23. The van der Waals surface area contributed by atoms with E-state index < -0.39 is 5.54 Å². The lowest BCUT2D eigenvalue weighted by Crippen LogP contribution is -2.28. The van der Waals surface area contributed by atoms with Crippen molar-refractivity contribution in [2.24, 2.45) is 5.73 Å². The molecule has 7 heteroatoms. The largest absolute Gasteiger partial charge is 0.493 e. The van der Waals surface area contributed by atoms with Gasteiger partial charge in [0.05, 0.1) is 19.8 Å². The van der Waals surface area contributed by atoms with Crippen LogP contribution in [0, 0.1) is 0 Å². The van der Waals surface area contributed by atoms with Gasteiger partial charge in [-0.05, 0) is 32.0 Å². The fourth-order valence-corrected chi connectivity index (χ4v) is 1.58. The van der Waals surface area contributed by atoms with E-state index in [0.717, 1.165) is 5.56 Å². The number of nitrogens with zero attached hydrogens (tertiary/aromatic N) is 2. The third-order valence-electron chi connectivity index (χ3n) is 2.62. The molecule has 0 unspecified atom stereocenters. The van der Waals surface area contributed by atoms with Crippen LogP contribution in [0.25, 0.3) is 11.4 Å². The molecule has 0 radical (unpaired) electrons. The van der Waals surface area contributed by atoms with Crippen LogP contribution >= 0.6 is 12.4 Å². The molecule has 0 bridgehead atoms. The Balaban J connectivity index is 0.00000200. The zero-order valence-corrected chi connectivity index (χ0v) is 12.7. The third-order valence-corrected chi connectivity index (χ3v) is 2.62. The first-order valence-electron chi connectivity index (χ1n) is 5.81. The first-order chi connectivity index (χ1) is 8.95. The first-order valence-corrected chi connectivity index (χ1v) is 5.81. The fourth-order valence-electron chi connectivity index (χ4n) is 1.58. The molecule has 0 aliphatic carbocycles. The molecule has 0 spiro atoms. The summed E-state index contributed by atoms with van der Waals surface area (Å²) in [7, 11) is 3.16. The predicted octanol–water partition coefficient (Wildman–Crippen LogP) is 2.37. The van der Waals surface area contributed by atoms with E-state index in [1.165, 1.54) is 0 Å². The average molecular weight is 300 g/mol. The molecule has 1 heterocycles. The minimum atomic E-state index is -0.665. The zero-order valence-electron chi connectivity index (χ0n) is 11.8. The Morgan fingerprint density at radius 1 is 1.15 bits per heavy atom. The van der Waals surface area contributed by atoms with E-state index in [-0.39, 0.29) is 12.4 Å². The highest BCUT2D eigenvalue weighted by atomic mass is 35.5. The summed E-state index contributed by atoms with van der Waals surface area (Å²) in [6, 6.07) is 5.41. The molecule has 0 atom stereocenters. The standard InChI is InChI=1S/C13H17N3O3.ClH/c1-13(2,14)12-15-11(16-19-12)8-5-6-9(17-3)10(7-8)18-4;/h5-7H,14H2,1-4H3;1H. The van der Waals surface area contributed by atoms with Gasteiger partial charge in [0.2, 0.25) is 11.7 Å².